The molecule has 8 heteroatoms. The number of aliphatic hydroxyl groups is 1. The number of carbonyl (C=O) groups excluding carboxylic acids is 1. The number of nitrogens with zero attached hydrogens (tertiary/aromatic N) is 2. The molecule has 2 aromatic heterocycles. The number of aromatic nitrogens is 2. The molecule has 32 heavy (non-hydrogen) atoms. The maximum Gasteiger partial charge on any atom is 0.343 e. The fourth-order valence-electron chi connectivity index (χ4n) is 4.75. The number of pyridine rings is 2. The average molecular weight is 455 g/mol. The maximum absolute atomic E-state index is 13.4. The molecule has 0 amide bonds. The standard InChI is InChI=1S/C24H26N2O5S/c1-4-24(29)18-11-20-21-16(12-26(20)22(27)17(18)13-31-23(24)28)14(9-10-32(2,3)30)15-7-5-6-8-19(15)25-21/h5-8,11,29-30H,4,9-10,12-13H2,1-3H3/t24-/m0/s1. The Balaban J connectivity index is 1.76. The summed E-state index contributed by atoms with van der Waals surface area (Å²) in [7, 11) is -1.70. The molecule has 5 rings (SSSR count). The van der Waals surface area contributed by atoms with Crippen molar-refractivity contribution in [3.05, 3.63) is 62.9 Å². The van der Waals surface area contributed by atoms with Gasteiger partial charge in [0.25, 0.3) is 5.56 Å². The Labute approximate surface area is 187 Å². The fraction of sp³-hybridized carbons (Fsp3) is 0.375. The van der Waals surface area contributed by atoms with E-state index in [1.165, 1.54) is 0 Å². The summed E-state index contributed by atoms with van der Waals surface area (Å²) in [4.78, 5) is 30.6. The minimum absolute atomic E-state index is 0.110. The van der Waals surface area contributed by atoms with Crippen LogP contribution in [-0.4, -0.2) is 43.4 Å². The quantitative estimate of drug-likeness (QED) is 0.460. The third-order valence-electron chi connectivity index (χ3n) is 6.56. The summed E-state index contributed by atoms with van der Waals surface area (Å²) in [6, 6.07) is 9.59. The normalized spacial score (nSPS) is 20.0. The minimum atomic E-state index is -1.84. The summed E-state index contributed by atoms with van der Waals surface area (Å²) in [5.74, 6) is -0.0805. The van der Waals surface area contributed by atoms with E-state index in [4.69, 9.17) is 9.72 Å². The molecule has 2 aliphatic rings. The molecule has 0 spiro atoms. The highest BCUT2D eigenvalue weighted by Crippen LogP contribution is 2.42. The predicted octanol–water partition coefficient (Wildman–Crippen LogP) is 3.16. The van der Waals surface area contributed by atoms with Crippen LogP contribution in [-0.2, 0) is 34.7 Å². The third kappa shape index (κ3) is 3.09. The summed E-state index contributed by atoms with van der Waals surface area (Å²) in [5.41, 5.74) is 2.69. The Morgan fingerprint density at radius 3 is 2.69 bits per heavy atom. The van der Waals surface area contributed by atoms with Gasteiger partial charge < -0.3 is 19.0 Å². The Morgan fingerprint density at radius 1 is 1.22 bits per heavy atom. The number of fused-ring (bicyclic) bond motifs is 5. The lowest BCUT2D eigenvalue weighted by atomic mass is 9.86. The summed E-state index contributed by atoms with van der Waals surface area (Å²) >= 11 is 0. The van der Waals surface area contributed by atoms with Gasteiger partial charge in [-0.15, -0.1) is 10.3 Å². The van der Waals surface area contributed by atoms with Crippen molar-refractivity contribution >= 4 is 27.2 Å². The molecular weight excluding hydrogens is 428 g/mol. The van der Waals surface area contributed by atoms with Gasteiger partial charge >= 0.3 is 5.97 Å². The Hall–Kier alpha value is -2.68. The fourth-order valence-corrected chi connectivity index (χ4v) is 5.45. The highest BCUT2D eigenvalue weighted by Gasteiger charge is 2.45. The molecular formula is C24H26N2O5S. The van der Waals surface area contributed by atoms with Crippen molar-refractivity contribution in [2.75, 3.05) is 18.3 Å². The van der Waals surface area contributed by atoms with Crippen molar-refractivity contribution in [3.8, 4) is 11.4 Å². The van der Waals surface area contributed by atoms with Gasteiger partial charge in [0.2, 0.25) is 0 Å². The second kappa shape index (κ2) is 7.16. The van der Waals surface area contributed by atoms with Gasteiger partial charge in [-0.2, -0.15) is 0 Å². The van der Waals surface area contributed by atoms with Crippen LogP contribution >= 0.6 is 10.3 Å². The van der Waals surface area contributed by atoms with Gasteiger partial charge in [-0.05, 0) is 43.0 Å². The number of rotatable bonds is 4. The smallest absolute Gasteiger partial charge is 0.343 e. The van der Waals surface area contributed by atoms with E-state index in [2.05, 4.69) is 0 Å². The molecule has 168 valence electrons. The summed E-state index contributed by atoms with van der Waals surface area (Å²) < 4.78 is 17.2. The number of benzene rings is 1. The highest BCUT2D eigenvalue weighted by atomic mass is 32.3. The maximum atomic E-state index is 13.4. The molecule has 0 aliphatic carbocycles. The molecule has 0 unspecified atom stereocenters. The third-order valence-corrected chi connectivity index (χ3v) is 7.77. The summed E-state index contributed by atoms with van der Waals surface area (Å²) in [6.07, 6.45) is 4.52. The van der Waals surface area contributed by atoms with Crippen LogP contribution in [0.4, 0.5) is 0 Å². The zero-order valence-electron chi connectivity index (χ0n) is 18.3. The number of hydrogen-bond acceptors (Lipinski definition) is 6. The highest BCUT2D eigenvalue weighted by molar-refractivity contribution is 8.28. The first-order chi connectivity index (χ1) is 15.1. The first kappa shape index (κ1) is 21.2. The van der Waals surface area contributed by atoms with E-state index >= 15 is 0 Å². The zero-order valence-corrected chi connectivity index (χ0v) is 19.2. The van der Waals surface area contributed by atoms with E-state index in [9.17, 15) is 19.2 Å². The van der Waals surface area contributed by atoms with Crippen molar-refractivity contribution < 1.29 is 19.2 Å². The van der Waals surface area contributed by atoms with Crippen molar-refractivity contribution in [3.63, 3.8) is 0 Å². The molecule has 0 bridgehead atoms. The lowest BCUT2D eigenvalue weighted by Crippen LogP contribution is -2.44. The van der Waals surface area contributed by atoms with Gasteiger partial charge in [0.15, 0.2) is 5.60 Å². The van der Waals surface area contributed by atoms with Crippen LogP contribution in [0.3, 0.4) is 0 Å². The van der Waals surface area contributed by atoms with Crippen LogP contribution in [0.5, 0.6) is 0 Å². The van der Waals surface area contributed by atoms with Crippen LogP contribution in [0, 0.1) is 0 Å². The second-order valence-electron chi connectivity index (χ2n) is 8.97. The van der Waals surface area contributed by atoms with E-state index < -0.39 is 21.9 Å². The number of carbonyl (C=O) groups is 1. The molecule has 1 atom stereocenters. The molecule has 2 N–H and O–H groups in total. The largest absolute Gasteiger partial charge is 0.458 e. The van der Waals surface area contributed by atoms with E-state index in [0.717, 1.165) is 22.0 Å². The van der Waals surface area contributed by atoms with Gasteiger partial charge in [-0.25, -0.2) is 9.78 Å². The van der Waals surface area contributed by atoms with E-state index in [-0.39, 0.29) is 18.6 Å². The van der Waals surface area contributed by atoms with Gasteiger partial charge in [-0.1, -0.05) is 25.1 Å². The monoisotopic (exact) mass is 454 g/mol. The predicted molar refractivity (Wildman–Crippen MR) is 125 cm³/mol. The Bertz CT molecular complexity index is 1340. The number of para-hydroxylation sites is 1. The van der Waals surface area contributed by atoms with E-state index in [1.807, 2.05) is 36.8 Å². The van der Waals surface area contributed by atoms with Gasteiger partial charge in [0, 0.05) is 22.3 Å². The Morgan fingerprint density at radius 2 is 1.97 bits per heavy atom. The minimum Gasteiger partial charge on any atom is -0.458 e. The molecule has 0 saturated heterocycles. The topological polar surface area (TPSA) is 102 Å². The summed E-state index contributed by atoms with van der Waals surface area (Å²) in [5, 5.41) is 12.1. The first-order valence-corrected chi connectivity index (χ1v) is 13.2. The average Bonchev–Trinajstić information content (AvgIpc) is 3.12. The van der Waals surface area contributed by atoms with Crippen LogP contribution in [0.1, 0.15) is 35.6 Å². The second-order valence-corrected chi connectivity index (χ2v) is 12.3. The number of hydrogen-bond donors (Lipinski definition) is 2. The zero-order chi connectivity index (χ0) is 22.8. The number of cyclic esters (lactones) is 1. The molecule has 0 radical (unpaired) electrons. The van der Waals surface area contributed by atoms with Crippen molar-refractivity contribution in [2.45, 2.75) is 38.5 Å². The Kier molecular flexibility index (Phi) is 4.74. The van der Waals surface area contributed by atoms with E-state index in [1.54, 1.807) is 17.6 Å². The molecule has 7 nitrogen and oxygen atoms in total. The van der Waals surface area contributed by atoms with Crippen molar-refractivity contribution in [1.82, 2.24) is 9.55 Å². The van der Waals surface area contributed by atoms with Gasteiger partial charge in [0.1, 0.15) is 6.61 Å². The van der Waals surface area contributed by atoms with Crippen LogP contribution < -0.4 is 5.56 Å². The summed E-state index contributed by atoms with van der Waals surface area (Å²) in [6.45, 7) is 1.91. The molecule has 4 heterocycles. The molecule has 1 aromatic carbocycles. The SMILES string of the molecule is CC[C@@]1(O)C(=O)OCc2c1cc1n(c2=O)Cc2c-1nc1ccccc1c2CCS(C)(C)O. The van der Waals surface area contributed by atoms with Crippen LogP contribution in [0.2, 0.25) is 0 Å². The van der Waals surface area contributed by atoms with Crippen LogP contribution in [0.15, 0.2) is 35.1 Å². The van der Waals surface area contributed by atoms with E-state index in [0.29, 0.717) is 41.2 Å². The van der Waals surface area contributed by atoms with Gasteiger partial charge in [0.05, 0.1) is 29.0 Å². The van der Waals surface area contributed by atoms with Gasteiger partial charge in [-0.3, -0.25) is 4.79 Å². The molecule has 0 fully saturated rings. The first-order valence-electron chi connectivity index (χ1n) is 10.6. The number of ether oxygens (including phenoxy) is 1. The van der Waals surface area contributed by atoms with Crippen LogP contribution in [0.25, 0.3) is 22.3 Å². The molecule has 3 aromatic rings. The van der Waals surface area contributed by atoms with Crippen molar-refractivity contribution in [2.24, 2.45) is 0 Å². The lowest BCUT2D eigenvalue weighted by Gasteiger charge is -2.31. The molecule has 0 saturated carbocycles. The van der Waals surface area contributed by atoms with Crippen molar-refractivity contribution in [1.29, 1.82) is 0 Å². The lowest BCUT2D eigenvalue weighted by molar-refractivity contribution is -0.172. The number of aryl methyl sites for hydroxylation is 1. The number of esters is 1. The molecule has 2 aliphatic heterocycles.